The molecule has 1 saturated carbocycles. The fourth-order valence-corrected chi connectivity index (χ4v) is 5.98. The summed E-state index contributed by atoms with van der Waals surface area (Å²) in [6.07, 6.45) is -2.22. The first-order valence-electron chi connectivity index (χ1n) is 8.35. The van der Waals surface area contributed by atoms with E-state index >= 15 is 0 Å². The largest absolute Gasteiger partial charge is 0.427 e. The van der Waals surface area contributed by atoms with Gasteiger partial charge < -0.3 is 14.2 Å². The Kier molecular flexibility index (Phi) is 3.36. The molecular weight excluding hydrogens is 377 g/mol. The molecule has 1 spiro atoms. The second kappa shape index (κ2) is 4.65. The summed E-state index contributed by atoms with van der Waals surface area (Å²) < 4.78 is 56.6. The van der Waals surface area contributed by atoms with Gasteiger partial charge in [-0.1, -0.05) is 13.8 Å². The Morgan fingerprint density at radius 1 is 1.04 bits per heavy atom. The number of fused-ring (bicyclic) bond motifs is 1. The van der Waals surface area contributed by atoms with Crippen molar-refractivity contribution in [3.8, 4) is 0 Å². The fourth-order valence-electron chi connectivity index (χ4n) is 5.50. The van der Waals surface area contributed by atoms with Gasteiger partial charge in [0, 0.05) is 12.3 Å². The number of ether oxygens (including phenoxy) is 3. The molecule has 3 aliphatic heterocycles. The molecule has 7 heteroatoms. The molecule has 4 rings (SSSR count). The van der Waals surface area contributed by atoms with E-state index in [0.29, 0.717) is 18.8 Å². The lowest BCUT2D eigenvalue weighted by Gasteiger charge is -2.60. The average molecular weight is 399 g/mol. The number of rotatable bonds is 0. The molecule has 0 aromatic rings. The average Bonchev–Trinajstić information content (AvgIpc) is 2.64. The van der Waals surface area contributed by atoms with E-state index in [9.17, 15) is 13.2 Å². The maximum atomic E-state index is 13.7. The first-order chi connectivity index (χ1) is 10.5. The van der Waals surface area contributed by atoms with Crippen LogP contribution in [0.2, 0.25) is 0 Å². The molecule has 4 aliphatic rings. The molecule has 3 heterocycles. The van der Waals surface area contributed by atoms with Gasteiger partial charge in [0.2, 0.25) is 4.51 Å². The van der Waals surface area contributed by atoms with Crippen molar-refractivity contribution in [1.82, 2.24) is 0 Å². The molecule has 8 atom stereocenters. The number of halogens is 4. The van der Waals surface area contributed by atoms with Crippen LogP contribution >= 0.6 is 15.9 Å². The zero-order valence-corrected chi connectivity index (χ0v) is 15.0. The second-order valence-corrected chi connectivity index (χ2v) is 9.07. The first-order valence-corrected chi connectivity index (χ1v) is 9.14. The molecule has 0 radical (unpaired) electrons. The quantitative estimate of drug-likeness (QED) is 0.558. The van der Waals surface area contributed by atoms with Crippen LogP contribution in [-0.4, -0.2) is 28.4 Å². The number of hydrogen-bond donors (Lipinski definition) is 0. The van der Waals surface area contributed by atoms with Gasteiger partial charge in [-0.25, -0.2) is 0 Å². The van der Waals surface area contributed by atoms with Crippen molar-refractivity contribution in [2.24, 2.45) is 23.7 Å². The monoisotopic (exact) mass is 398 g/mol. The van der Waals surface area contributed by atoms with Crippen molar-refractivity contribution in [3.63, 3.8) is 0 Å². The summed E-state index contributed by atoms with van der Waals surface area (Å²) in [6, 6.07) is 0. The highest BCUT2D eigenvalue weighted by Gasteiger charge is 2.77. The van der Waals surface area contributed by atoms with E-state index in [1.807, 2.05) is 6.92 Å². The summed E-state index contributed by atoms with van der Waals surface area (Å²) in [4.78, 5) is 0. The minimum atomic E-state index is -4.51. The van der Waals surface area contributed by atoms with E-state index in [4.69, 9.17) is 14.2 Å². The van der Waals surface area contributed by atoms with Crippen LogP contribution < -0.4 is 0 Å². The molecule has 23 heavy (non-hydrogen) atoms. The van der Waals surface area contributed by atoms with Gasteiger partial charge in [-0.15, -0.1) is 0 Å². The molecule has 2 bridgehead atoms. The Balaban J connectivity index is 1.82. The molecule has 3 saturated heterocycles. The first kappa shape index (κ1) is 16.6. The van der Waals surface area contributed by atoms with Gasteiger partial charge in [-0.3, -0.25) is 0 Å². The Labute approximate surface area is 142 Å². The van der Waals surface area contributed by atoms with Crippen molar-refractivity contribution in [2.45, 2.75) is 74.8 Å². The zero-order chi connectivity index (χ0) is 16.8. The Morgan fingerprint density at radius 2 is 1.74 bits per heavy atom. The van der Waals surface area contributed by atoms with Gasteiger partial charge >= 0.3 is 6.18 Å². The van der Waals surface area contributed by atoms with E-state index in [-0.39, 0.29) is 11.8 Å². The molecule has 0 aromatic heterocycles. The van der Waals surface area contributed by atoms with Gasteiger partial charge in [0.05, 0.1) is 0 Å². The molecule has 132 valence electrons. The summed E-state index contributed by atoms with van der Waals surface area (Å²) in [5, 5.41) is 0. The van der Waals surface area contributed by atoms with Gasteiger partial charge in [-0.05, 0) is 59.9 Å². The molecule has 3 nitrogen and oxygen atoms in total. The molecule has 0 N–H and O–H groups in total. The second-order valence-electron chi connectivity index (χ2n) is 7.89. The van der Waals surface area contributed by atoms with E-state index in [2.05, 4.69) is 22.9 Å². The van der Waals surface area contributed by atoms with Crippen LogP contribution in [0.1, 0.15) is 46.5 Å². The van der Waals surface area contributed by atoms with Crippen LogP contribution in [0, 0.1) is 23.7 Å². The predicted molar refractivity (Wildman–Crippen MR) is 79.7 cm³/mol. The van der Waals surface area contributed by atoms with Crippen molar-refractivity contribution in [1.29, 1.82) is 0 Å². The predicted octanol–water partition coefficient (Wildman–Crippen LogP) is 4.59. The van der Waals surface area contributed by atoms with Crippen LogP contribution in [-0.2, 0) is 14.2 Å². The van der Waals surface area contributed by atoms with E-state index in [1.54, 1.807) is 6.92 Å². The molecule has 0 amide bonds. The van der Waals surface area contributed by atoms with Crippen LogP contribution in [0.3, 0.4) is 0 Å². The van der Waals surface area contributed by atoms with Crippen molar-refractivity contribution in [3.05, 3.63) is 0 Å². The third kappa shape index (κ3) is 1.94. The highest BCUT2D eigenvalue weighted by atomic mass is 79.9. The maximum Gasteiger partial charge on any atom is 0.427 e. The minimum Gasteiger partial charge on any atom is -0.338 e. The summed E-state index contributed by atoms with van der Waals surface area (Å²) in [7, 11) is 0. The summed E-state index contributed by atoms with van der Waals surface area (Å²) in [5.41, 5.74) is -0.743. The lowest BCUT2D eigenvalue weighted by molar-refractivity contribution is -0.353. The summed E-state index contributed by atoms with van der Waals surface area (Å²) in [5.74, 6) is -1.21. The van der Waals surface area contributed by atoms with Gasteiger partial charge in [-0.2, -0.15) is 13.2 Å². The SMILES string of the molecule is CC1[C@@H]2CC[C@@H](C)C3CC[C@]4(C)O[C@@H](O[C@@]1(Br)C(F)(F)F)[C@@]32O4. The highest BCUT2D eigenvalue weighted by molar-refractivity contribution is 9.10. The Bertz CT molecular complexity index is 529. The fraction of sp³-hybridized carbons (Fsp3) is 1.00. The lowest BCUT2D eigenvalue weighted by atomic mass is 9.56. The number of alkyl halides is 4. The minimum absolute atomic E-state index is 0.189. The number of hydrogen-bond acceptors (Lipinski definition) is 3. The zero-order valence-electron chi connectivity index (χ0n) is 13.5. The van der Waals surface area contributed by atoms with Crippen molar-refractivity contribution < 1.29 is 27.4 Å². The smallest absolute Gasteiger partial charge is 0.338 e. The highest BCUT2D eigenvalue weighted by Crippen LogP contribution is 2.67. The van der Waals surface area contributed by atoms with E-state index in [0.717, 1.165) is 12.8 Å². The van der Waals surface area contributed by atoms with Gasteiger partial charge in [0.25, 0.3) is 0 Å². The van der Waals surface area contributed by atoms with Crippen LogP contribution in [0.25, 0.3) is 0 Å². The van der Waals surface area contributed by atoms with Crippen molar-refractivity contribution in [2.75, 3.05) is 0 Å². The summed E-state index contributed by atoms with van der Waals surface area (Å²) >= 11 is 2.89. The third-order valence-corrected chi connectivity index (χ3v) is 8.02. The topological polar surface area (TPSA) is 27.7 Å². The van der Waals surface area contributed by atoms with Gasteiger partial charge in [0.15, 0.2) is 12.1 Å². The maximum absolute atomic E-state index is 13.7. The molecular formula is C16H22BrF3O3. The Morgan fingerprint density at radius 3 is 2.39 bits per heavy atom. The van der Waals surface area contributed by atoms with Gasteiger partial charge in [0.1, 0.15) is 5.60 Å². The normalized spacial score (nSPS) is 58.8. The van der Waals surface area contributed by atoms with Crippen LogP contribution in [0.5, 0.6) is 0 Å². The molecule has 0 aromatic carbocycles. The van der Waals surface area contributed by atoms with Crippen molar-refractivity contribution >= 4 is 15.9 Å². The van der Waals surface area contributed by atoms with Crippen LogP contribution in [0.4, 0.5) is 13.2 Å². The molecule has 1 aliphatic carbocycles. The Hall–Kier alpha value is 0.150. The molecule has 2 unspecified atom stereocenters. The summed E-state index contributed by atoms with van der Waals surface area (Å²) in [6.45, 7) is 5.62. The molecule has 4 fully saturated rings. The lowest BCUT2D eigenvalue weighted by Crippen LogP contribution is -2.70. The van der Waals surface area contributed by atoms with E-state index < -0.39 is 34.3 Å². The third-order valence-electron chi connectivity index (χ3n) is 6.66. The van der Waals surface area contributed by atoms with E-state index in [1.165, 1.54) is 0 Å². The van der Waals surface area contributed by atoms with Crippen LogP contribution in [0.15, 0.2) is 0 Å². The standard InChI is InChI=1S/C16H22BrF3O3/c1-8-4-5-11-9(2)15(17,16(18,19)20)22-12-14(11)10(8)6-7-13(3,21-12)23-14/h8-12H,4-7H2,1-3H3/t8-,9?,10?,11+,12+,13-,14-,15-/m1/s1.